The van der Waals surface area contributed by atoms with E-state index >= 15 is 0 Å². The minimum Gasteiger partial charge on any atom is -0.336 e. The molecule has 1 aromatic heterocycles. The number of aromatic nitrogens is 1. The molecule has 1 amide bonds. The summed E-state index contributed by atoms with van der Waals surface area (Å²) in [7, 11) is 0. The van der Waals surface area contributed by atoms with Crippen LogP contribution in [-0.2, 0) is 11.2 Å². The van der Waals surface area contributed by atoms with Gasteiger partial charge in [-0.25, -0.2) is 0 Å². The van der Waals surface area contributed by atoms with Crippen molar-refractivity contribution in [1.82, 2.24) is 9.88 Å². The highest BCUT2D eigenvalue weighted by Gasteiger charge is 2.29. The number of likely N-dealkylation sites (tertiary alicyclic amines) is 1. The first-order valence-electron chi connectivity index (χ1n) is 7.69. The predicted molar refractivity (Wildman–Crippen MR) is 87.7 cm³/mol. The quantitative estimate of drug-likeness (QED) is 0.853. The second-order valence-electron chi connectivity index (χ2n) is 5.62. The fraction of sp³-hybridized carbons (Fsp3) is 0.333. The minimum atomic E-state index is 0.162. The summed E-state index contributed by atoms with van der Waals surface area (Å²) in [4.78, 5) is 18.8. The number of pyridine rings is 1. The smallest absolute Gasteiger partial charge is 0.223 e. The van der Waals surface area contributed by atoms with Crippen molar-refractivity contribution in [3.63, 3.8) is 0 Å². The zero-order valence-electron chi connectivity index (χ0n) is 12.4. The molecule has 0 bridgehead atoms. The zero-order chi connectivity index (χ0) is 15.4. The minimum absolute atomic E-state index is 0.162. The molecule has 0 radical (unpaired) electrons. The van der Waals surface area contributed by atoms with E-state index in [0.29, 0.717) is 12.8 Å². The third-order valence-corrected chi connectivity index (χ3v) is 4.36. The molecule has 114 valence electrons. The maximum Gasteiger partial charge on any atom is 0.223 e. The number of hydrogen-bond acceptors (Lipinski definition) is 2. The lowest BCUT2D eigenvalue weighted by atomic mass is 10.0. The molecule has 1 saturated heterocycles. The number of amides is 1. The van der Waals surface area contributed by atoms with Crippen LogP contribution in [0.1, 0.15) is 36.6 Å². The molecule has 1 aromatic carbocycles. The number of carbonyl (C=O) groups is 1. The molecular weight excluding hydrogens is 296 g/mol. The van der Waals surface area contributed by atoms with E-state index in [1.165, 1.54) is 0 Å². The second kappa shape index (κ2) is 6.93. The normalized spacial score (nSPS) is 17.7. The first-order chi connectivity index (χ1) is 10.7. The molecule has 0 spiro atoms. The Hall–Kier alpha value is -1.87. The summed E-state index contributed by atoms with van der Waals surface area (Å²) in [5.74, 6) is 0.202. The van der Waals surface area contributed by atoms with Crippen LogP contribution in [0.4, 0.5) is 0 Å². The van der Waals surface area contributed by atoms with E-state index in [9.17, 15) is 4.79 Å². The zero-order valence-corrected chi connectivity index (χ0v) is 13.2. The third-order valence-electron chi connectivity index (χ3n) is 4.13. The van der Waals surface area contributed by atoms with Crippen molar-refractivity contribution in [1.29, 1.82) is 0 Å². The van der Waals surface area contributed by atoms with Crippen LogP contribution in [0.15, 0.2) is 48.7 Å². The standard InChI is InChI=1S/C18H19ClN2O/c19-15-6-3-5-14(13-15)17-8-4-12-21(17)18(22)10-9-16-7-1-2-11-20-16/h1-3,5-7,11,13,17H,4,8-10,12H2/t17-/m0/s1. The Morgan fingerprint density at radius 2 is 2.18 bits per heavy atom. The highest BCUT2D eigenvalue weighted by atomic mass is 35.5. The molecule has 1 atom stereocenters. The number of hydrogen-bond donors (Lipinski definition) is 0. The van der Waals surface area contributed by atoms with Crippen LogP contribution >= 0.6 is 11.6 Å². The van der Waals surface area contributed by atoms with Crippen LogP contribution in [0, 0.1) is 0 Å². The lowest BCUT2D eigenvalue weighted by Gasteiger charge is -2.25. The lowest BCUT2D eigenvalue weighted by Crippen LogP contribution is -2.30. The van der Waals surface area contributed by atoms with Gasteiger partial charge in [0.2, 0.25) is 5.91 Å². The summed E-state index contributed by atoms with van der Waals surface area (Å²) in [6.07, 6.45) is 5.03. The Balaban J connectivity index is 1.66. The Morgan fingerprint density at radius 3 is 2.95 bits per heavy atom. The van der Waals surface area contributed by atoms with E-state index in [1.54, 1.807) is 6.20 Å². The Labute approximate surface area is 135 Å². The number of halogens is 1. The van der Waals surface area contributed by atoms with Gasteiger partial charge in [-0.05, 0) is 49.1 Å². The topological polar surface area (TPSA) is 33.2 Å². The van der Waals surface area contributed by atoms with E-state index in [-0.39, 0.29) is 11.9 Å². The highest BCUT2D eigenvalue weighted by molar-refractivity contribution is 6.30. The monoisotopic (exact) mass is 314 g/mol. The first-order valence-corrected chi connectivity index (χ1v) is 8.06. The van der Waals surface area contributed by atoms with E-state index < -0.39 is 0 Å². The summed E-state index contributed by atoms with van der Waals surface area (Å²) in [6.45, 7) is 0.832. The fourth-order valence-corrected chi connectivity index (χ4v) is 3.25. The van der Waals surface area contributed by atoms with Gasteiger partial charge in [-0.15, -0.1) is 0 Å². The van der Waals surface area contributed by atoms with Gasteiger partial charge in [0.05, 0.1) is 6.04 Å². The number of nitrogens with zero attached hydrogens (tertiary/aromatic N) is 2. The summed E-state index contributed by atoms with van der Waals surface area (Å²) in [5, 5.41) is 0.727. The molecule has 2 aromatic rings. The number of rotatable bonds is 4. The maximum atomic E-state index is 12.6. The van der Waals surface area contributed by atoms with Gasteiger partial charge in [0.25, 0.3) is 0 Å². The number of benzene rings is 1. The first kappa shape index (κ1) is 15.0. The second-order valence-corrected chi connectivity index (χ2v) is 6.06. The van der Waals surface area contributed by atoms with Crippen LogP contribution in [0.3, 0.4) is 0 Å². The molecule has 4 heteroatoms. The lowest BCUT2D eigenvalue weighted by molar-refractivity contribution is -0.132. The van der Waals surface area contributed by atoms with Gasteiger partial charge in [-0.2, -0.15) is 0 Å². The van der Waals surface area contributed by atoms with Gasteiger partial charge >= 0.3 is 0 Å². The van der Waals surface area contributed by atoms with E-state index in [1.807, 2.05) is 41.3 Å². The molecular formula is C18H19ClN2O. The van der Waals surface area contributed by atoms with Crippen molar-refractivity contribution in [2.24, 2.45) is 0 Å². The van der Waals surface area contributed by atoms with Gasteiger partial charge in [-0.3, -0.25) is 9.78 Å². The van der Waals surface area contributed by atoms with Crippen molar-refractivity contribution in [2.75, 3.05) is 6.54 Å². The van der Waals surface area contributed by atoms with E-state index in [2.05, 4.69) is 11.1 Å². The van der Waals surface area contributed by atoms with Crippen molar-refractivity contribution < 1.29 is 4.79 Å². The van der Waals surface area contributed by atoms with Gasteiger partial charge < -0.3 is 4.90 Å². The van der Waals surface area contributed by atoms with Gasteiger partial charge in [0.1, 0.15) is 0 Å². The molecule has 0 aliphatic carbocycles. The van der Waals surface area contributed by atoms with Crippen molar-refractivity contribution in [2.45, 2.75) is 31.7 Å². The summed E-state index contributed by atoms with van der Waals surface area (Å²) >= 11 is 6.08. The van der Waals surface area contributed by atoms with Gasteiger partial charge in [0, 0.05) is 29.9 Å². The van der Waals surface area contributed by atoms with E-state index in [4.69, 9.17) is 11.6 Å². The number of carbonyl (C=O) groups excluding carboxylic acids is 1. The molecule has 1 fully saturated rings. The van der Waals surface area contributed by atoms with Crippen LogP contribution in [0.2, 0.25) is 5.02 Å². The SMILES string of the molecule is O=C(CCc1ccccn1)N1CCC[C@H]1c1cccc(Cl)c1. The van der Waals surface area contributed by atoms with E-state index in [0.717, 1.165) is 35.7 Å². The van der Waals surface area contributed by atoms with Crippen LogP contribution in [0.5, 0.6) is 0 Å². The largest absolute Gasteiger partial charge is 0.336 e. The third kappa shape index (κ3) is 3.47. The molecule has 0 N–H and O–H groups in total. The van der Waals surface area contributed by atoms with Crippen LogP contribution < -0.4 is 0 Å². The average Bonchev–Trinajstić information content (AvgIpc) is 3.03. The van der Waals surface area contributed by atoms with Crippen LogP contribution in [0.25, 0.3) is 0 Å². The number of aryl methyl sites for hydroxylation is 1. The molecule has 3 rings (SSSR count). The molecule has 3 nitrogen and oxygen atoms in total. The summed E-state index contributed by atoms with van der Waals surface area (Å²) in [5.41, 5.74) is 2.10. The molecule has 22 heavy (non-hydrogen) atoms. The molecule has 0 unspecified atom stereocenters. The van der Waals surface area contributed by atoms with Gasteiger partial charge in [0.15, 0.2) is 0 Å². The van der Waals surface area contributed by atoms with Crippen molar-refractivity contribution in [3.05, 3.63) is 64.9 Å². The molecule has 2 heterocycles. The molecule has 1 aliphatic heterocycles. The van der Waals surface area contributed by atoms with Crippen molar-refractivity contribution >= 4 is 17.5 Å². The fourth-order valence-electron chi connectivity index (χ4n) is 3.05. The van der Waals surface area contributed by atoms with Crippen LogP contribution in [-0.4, -0.2) is 22.3 Å². The molecule has 1 aliphatic rings. The summed E-state index contributed by atoms with van der Waals surface area (Å²) in [6, 6.07) is 13.8. The maximum absolute atomic E-state index is 12.6. The summed E-state index contributed by atoms with van der Waals surface area (Å²) < 4.78 is 0. The van der Waals surface area contributed by atoms with Crippen molar-refractivity contribution in [3.8, 4) is 0 Å². The molecule has 0 saturated carbocycles. The highest BCUT2D eigenvalue weighted by Crippen LogP contribution is 2.33. The predicted octanol–water partition coefficient (Wildman–Crippen LogP) is 4.03. The average molecular weight is 315 g/mol. The Bertz CT molecular complexity index is 645. The Morgan fingerprint density at radius 1 is 1.27 bits per heavy atom. The van der Waals surface area contributed by atoms with Gasteiger partial charge in [-0.1, -0.05) is 29.8 Å². The Kier molecular flexibility index (Phi) is 4.74.